The first-order valence-electron chi connectivity index (χ1n) is 9.73. The Morgan fingerprint density at radius 3 is 2.57 bits per heavy atom. The number of nitrogens with zero attached hydrogens (tertiary/aromatic N) is 3. The van der Waals surface area contributed by atoms with E-state index in [1.807, 2.05) is 24.3 Å². The lowest BCUT2D eigenvalue weighted by Gasteiger charge is -2.14. The fraction of sp³-hybridized carbons (Fsp3) is 0.318. The Morgan fingerprint density at radius 1 is 1.17 bits per heavy atom. The summed E-state index contributed by atoms with van der Waals surface area (Å²) >= 11 is 1.68. The van der Waals surface area contributed by atoms with E-state index in [0.717, 1.165) is 16.3 Å². The van der Waals surface area contributed by atoms with Crippen LogP contribution in [0.4, 0.5) is 4.79 Å². The number of rotatable bonds is 9. The molecule has 3 aromatic rings. The minimum Gasteiger partial charge on any atom is -0.461 e. The maximum Gasteiger partial charge on any atom is 0.404 e. The first-order chi connectivity index (χ1) is 14.5. The van der Waals surface area contributed by atoms with Crippen molar-refractivity contribution in [3.05, 3.63) is 65.6 Å². The Balaban J connectivity index is 1.98. The second kappa shape index (κ2) is 10.2. The second-order valence-electron chi connectivity index (χ2n) is 7.06. The van der Waals surface area contributed by atoms with Gasteiger partial charge in [0.15, 0.2) is 0 Å². The molecule has 1 amide bonds. The predicted octanol–water partition coefficient (Wildman–Crippen LogP) is 4.38. The topological polar surface area (TPSA) is 92.3 Å². The van der Waals surface area contributed by atoms with E-state index in [1.54, 1.807) is 24.2 Å². The average Bonchev–Trinajstić information content (AvgIpc) is 3.05. The monoisotopic (exact) mass is 426 g/mol. The molecule has 1 aromatic carbocycles. The molecule has 7 nitrogen and oxygen atoms in total. The summed E-state index contributed by atoms with van der Waals surface area (Å²) in [6.45, 7) is 7.14. The van der Waals surface area contributed by atoms with Crippen molar-refractivity contribution in [1.82, 2.24) is 14.5 Å². The third-order valence-corrected chi connectivity index (χ3v) is 5.71. The van der Waals surface area contributed by atoms with Crippen LogP contribution in [-0.4, -0.2) is 33.8 Å². The number of amides is 1. The molecule has 158 valence electrons. The Kier molecular flexibility index (Phi) is 7.35. The fourth-order valence-electron chi connectivity index (χ4n) is 2.89. The molecule has 0 aliphatic rings. The molecule has 0 unspecified atom stereocenters. The van der Waals surface area contributed by atoms with Crippen molar-refractivity contribution in [2.75, 3.05) is 13.2 Å². The summed E-state index contributed by atoms with van der Waals surface area (Å²) in [5, 5.41) is 1.03. The Labute approximate surface area is 180 Å². The maximum atomic E-state index is 10.8. The van der Waals surface area contributed by atoms with Crippen LogP contribution in [0.3, 0.4) is 0 Å². The van der Waals surface area contributed by atoms with Gasteiger partial charge in [0, 0.05) is 17.3 Å². The van der Waals surface area contributed by atoms with E-state index < -0.39 is 6.09 Å². The normalized spacial score (nSPS) is 10.9. The van der Waals surface area contributed by atoms with Crippen molar-refractivity contribution in [2.24, 2.45) is 5.73 Å². The molecule has 0 atom stereocenters. The average molecular weight is 427 g/mol. The number of hydrogen-bond donors (Lipinski definition) is 1. The van der Waals surface area contributed by atoms with Gasteiger partial charge >= 0.3 is 6.09 Å². The quantitative estimate of drug-likeness (QED) is 0.510. The molecular formula is C22H26N4O3S. The number of imidazole rings is 1. The van der Waals surface area contributed by atoms with E-state index in [1.165, 1.54) is 10.5 Å². The maximum absolute atomic E-state index is 10.8. The molecule has 0 bridgehead atoms. The summed E-state index contributed by atoms with van der Waals surface area (Å²) in [5.74, 6) is 0.208. The highest BCUT2D eigenvalue weighted by Crippen LogP contribution is 2.38. The molecule has 0 radical (unpaired) electrons. The zero-order valence-electron chi connectivity index (χ0n) is 17.4. The van der Waals surface area contributed by atoms with Gasteiger partial charge in [0.05, 0.1) is 12.2 Å². The molecule has 2 N–H and O–H groups in total. The van der Waals surface area contributed by atoms with Crippen LogP contribution in [0.5, 0.6) is 6.01 Å². The number of ether oxygens (including phenoxy) is 2. The lowest BCUT2D eigenvalue weighted by atomic mass is 10.1. The molecule has 0 spiro atoms. The van der Waals surface area contributed by atoms with Crippen LogP contribution in [0.15, 0.2) is 58.7 Å². The Morgan fingerprint density at radius 2 is 1.90 bits per heavy atom. The lowest BCUT2D eigenvalue weighted by Crippen LogP contribution is -2.18. The van der Waals surface area contributed by atoms with Gasteiger partial charge in [-0.1, -0.05) is 43.8 Å². The zero-order chi connectivity index (χ0) is 21.5. The van der Waals surface area contributed by atoms with Crippen molar-refractivity contribution >= 4 is 17.9 Å². The van der Waals surface area contributed by atoms with Crippen molar-refractivity contribution in [2.45, 2.75) is 43.2 Å². The van der Waals surface area contributed by atoms with Crippen LogP contribution in [0.25, 0.3) is 0 Å². The summed E-state index contributed by atoms with van der Waals surface area (Å²) in [6, 6.07) is 12.7. The fourth-order valence-corrected chi connectivity index (χ4v) is 4.11. The van der Waals surface area contributed by atoms with E-state index >= 15 is 0 Å². The van der Waals surface area contributed by atoms with Gasteiger partial charge < -0.3 is 15.2 Å². The molecule has 2 heterocycles. The van der Waals surface area contributed by atoms with E-state index in [0.29, 0.717) is 12.6 Å². The van der Waals surface area contributed by atoms with Crippen LogP contribution in [-0.2, 0) is 11.3 Å². The third kappa shape index (κ3) is 5.54. The molecular weight excluding hydrogens is 400 g/mol. The molecule has 8 heteroatoms. The molecule has 0 saturated heterocycles. The second-order valence-corrected chi connectivity index (χ2v) is 8.10. The molecule has 0 fully saturated rings. The van der Waals surface area contributed by atoms with E-state index in [-0.39, 0.29) is 19.1 Å². The summed E-state index contributed by atoms with van der Waals surface area (Å²) in [7, 11) is 0. The minimum atomic E-state index is -0.822. The molecule has 0 saturated carbocycles. The standard InChI is InChI=1S/C22H26N4O3S/c1-15(2)19-20(30-18-7-5-4-6-16(18)3)26(14-17-8-10-24-11-9-17)22(25-19)29-13-12-28-21(23)27/h4-11,15H,12-14H2,1-3H3,(H2,23,27). The molecule has 3 rings (SSSR count). The Bertz CT molecular complexity index is 989. The van der Waals surface area contributed by atoms with Crippen LogP contribution in [0, 0.1) is 6.92 Å². The highest BCUT2D eigenvalue weighted by molar-refractivity contribution is 7.99. The van der Waals surface area contributed by atoms with Gasteiger partial charge in [0.25, 0.3) is 6.01 Å². The number of aryl methyl sites for hydroxylation is 1. The smallest absolute Gasteiger partial charge is 0.404 e. The number of hydrogen-bond acceptors (Lipinski definition) is 6. The first-order valence-corrected chi connectivity index (χ1v) is 10.5. The van der Waals surface area contributed by atoms with E-state index in [9.17, 15) is 4.79 Å². The Hall–Kier alpha value is -3.00. The molecule has 2 aromatic heterocycles. The number of primary amides is 1. The lowest BCUT2D eigenvalue weighted by molar-refractivity contribution is 0.129. The molecule has 0 aliphatic carbocycles. The van der Waals surface area contributed by atoms with Gasteiger partial charge in [0.1, 0.15) is 18.2 Å². The van der Waals surface area contributed by atoms with Gasteiger partial charge in [-0.3, -0.25) is 9.55 Å². The molecule has 0 aliphatic heterocycles. The van der Waals surface area contributed by atoms with Crippen LogP contribution in [0.1, 0.15) is 36.6 Å². The van der Waals surface area contributed by atoms with Crippen molar-refractivity contribution in [3.63, 3.8) is 0 Å². The molecule has 30 heavy (non-hydrogen) atoms. The highest BCUT2D eigenvalue weighted by Gasteiger charge is 2.22. The largest absolute Gasteiger partial charge is 0.461 e. The summed E-state index contributed by atoms with van der Waals surface area (Å²) in [5.41, 5.74) is 8.27. The first kappa shape index (κ1) is 21.7. The zero-order valence-corrected chi connectivity index (χ0v) is 18.2. The van der Waals surface area contributed by atoms with Crippen molar-refractivity contribution < 1.29 is 14.3 Å². The van der Waals surface area contributed by atoms with Gasteiger partial charge in [-0.05, 0) is 42.2 Å². The number of benzene rings is 1. The van der Waals surface area contributed by atoms with Gasteiger partial charge in [-0.25, -0.2) is 4.79 Å². The van der Waals surface area contributed by atoms with Crippen LogP contribution in [0.2, 0.25) is 0 Å². The summed E-state index contributed by atoms with van der Waals surface area (Å²) < 4.78 is 12.7. The number of pyridine rings is 1. The third-order valence-electron chi connectivity index (χ3n) is 4.41. The van der Waals surface area contributed by atoms with E-state index in [2.05, 4.69) is 42.5 Å². The summed E-state index contributed by atoms with van der Waals surface area (Å²) in [6.07, 6.45) is 2.72. The number of carbonyl (C=O) groups is 1. The van der Waals surface area contributed by atoms with Crippen molar-refractivity contribution in [1.29, 1.82) is 0 Å². The minimum absolute atomic E-state index is 0.0642. The van der Waals surface area contributed by atoms with Gasteiger partial charge in [0.2, 0.25) is 0 Å². The van der Waals surface area contributed by atoms with Crippen LogP contribution < -0.4 is 10.5 Å². The van der Waals surface area contributed by atoms with Crippen LogP contribution >= 0.6 is 11.8 Å². The summed E-state index contributed by atoms with van der Waals surface area (Å²) in [4.78, 5) is 20.9. The van der Waals surface area contributed by atoms with Crippen molar-refractivity contribution in [3.8, 4) is 6.01 Å². The number of nitrogens with two attached hydrogens (primary N) is 1. The van der Waals surface area contributed by atoms with Gasteiger partial charge in [-0.2, -0.15) is 4.98 Å². The van der Waals surface area contributed by atoms with Gasteiger partial charge in [-0.15, -0.1) is 0 Å². The number of carbonyl (C=O) groups excluding carboxylic acids is 1. The highest BCUT2D eigenvalue weighted by atomic mass is 32.2. The number of aromatic nitrogens is 3. The SMILES string of the molecule is Cc1ccccc1Sc1c(C(C)C)nc(OCCOC(N)=O)n1Cc1ccncc1. The van der Waals surface area contributed by atoms with E-state index in [4.69, 9.17) is 20.2 Å². The predicted molar refractivity (Wildman–Crippen MR) is 116 cm³/mol.